The van der Waals surface area contributed by atoms with Crippen molar-refractivity contribution >= 4 is 28.4 Å². The third kappa shape index (κ3) is 3.78. The highest BCUT2D eigenvalue weighted by Crippen LogP contribution is 2.29. The summed E-state index contributed by atoms with van der Waals surface area (Å²) in [5.74, 6) is -1.90. The predicted molar refractivity (Wildman–Crippen MR) is 75.4 cm³/mol. The number of pyridine rings is 1. The first-order chi connectivity index (χ1) is 10.7. The van der Waals surface area contributed by atoms with Crippen molar-refractivity contribution in [2.75, 3.05) is 5.73 Å². The van der Waals surface area contributed by atoms with Gasteiger partial charge in [-0.3, -0.25) is 9.59 Å². The molecule has 0 amide bonds. The number of rotatable bonds is 4. The normalized spacial score (nSPS) is 11.1. The van der Waals surface area contributed by atoms with Gasteiger partial charge >= 0.3 is 6.36 Å². The number of halogens is 4. The first kappa shape index (κ1) is 16.8. The van der Waals surface area contributed by atoms with Gasteiger partial charge in [-0.05, 0) is 29.8 Å². The van der Waals surface area contributed by atoms with Crippen LogP contribution < -0.4 is 10.5 Å². The maximum Gasteiger partial charge on any atom is 0.573 e. The minimum atomic E-state index is -4.97. The van der Waals surface area contributed by atoms with Gasteiger partial charge in [-0.25, -0.2) is 4.98 Å². The van der Waals surface area contributed by atoms with E-state index in [9.17, 15) is 22.8 Å². The van der Waals surface area contributed by atoms with E-state index in [-0.39, 0.29) is 16.9 Å². The standard InChI is InChI=1S/C14H8ClF3N2O3/c15-12(22)10-8(5-6-20-13(10)19)11(21)7-3-1-2-4-9(7)23-14(16,17)18/h1-6H,(H2,19,20). The van der Waals surface area contributed by atoms with Crippen molar-refractivity contribution in [2.24, 2.45) is 0 Å². The Kier molecular flexibility index (Phi) is 4.55. The van der Waals surface area contributed by atoms with Crippen molar-refractivity contribution in [3.05, 3.63) is 53.2 Å². The zero-order valence-corrected chi connectivity index (χ0v) is 12.0. The molecule has 0 spiro atoms. The van der Waals surface area contributed by atoms with Gasteiger partial charge < -0.3 is 10.5 Å². The molecule has 2 aromatic rings. The minimum absolute atomic E-state index is 0.268. The number of nitrogens with two attached hydrogens (primary N) is 1. The SMILES string of the molecule is Nc1nccc(C(=O)c2ccccc2OC(F)(F)F)c1C(=O)Cl. The second-order valence-electron chi connectivity index (χ2n) is 4.27. The summed E-state index contributed by atoms with van der Waals surface area (Å²) in [6.45, 7) is 0. The van der Waals surface area contributed by atoms with E-state index in [1.165, 1.54) is 12.1 Å². The molecule has 0 unspecified atom stereocenters. The van der Waals surface area contributed by atoms with Crippen molar-refractivity contribution in [3.8, 4) is 5.75 Å². The highest BCUT2D eigenvalue weighted by atomic mass is 35.5. The van der Waals surface area contributed by atoms with Crippen LogP contribution >= 0.6 is 11.6 Å². The molecule has 1 aromatic carbocycles. The Morgan fingerprint density at radius 1 is 1.13 bits per heavy atom. The lowest BCUT2D eigenvalue weighted by atomic mass is 9.99. The number of hydrogen-bond donors (Lipinski definition) is 1. The van der Waals surface area contributed by atoms with Gasteiger partial charge in [0.25, 0.3) is 5.24 Å². The van der Waals surface area contributed by atoms with E-state index in [2.05, 4.69) is 9.72 Å². The molecule has 0 atom stereocenters. The summed E-state index contributed by atoms with van der Waals surface area (Å²) >= 11 is 5.37. The average Bonchev–Trinajstić information content (AvgIpc) is 2.44. The van der Waals surface area contributed by atoms with E-state index in [0.717, 1.165) is 24.4 Å². The van der Waals surface area contributed by atoms with Crippen molar-refractivity contribution < 1.29 is 27.5 Å². The Labute approximate surface area is 132 Å². The molecule has 1 aromatic heterocycles. The summed E-state index contributed by atoms with van der Waals surface area (Å²) in [5.41, 5.74) is 4.46. The monoisotopic (exact) mass is 344 g/mol. The second kappa shape index (κ2) is 6.25. The van der Waals surface area contributed by atoms with Crippen LogP contribution in [0.4, 0.5) is 19.0 Å². The number of hydrogen-bond acceptors (Lipinski definition) is 5. The number of para-hydroxylation sites is 1. The van der Waals surface area contributed by atoms with Crippen LogP contribution in [0.2, 0.25) is 0 Å². The summed E-state index contributed by atoms with van der Waals surface area (Å²) in [6.07, 6.45) is -3.84. The second-order valence-corrected chi connectivity index (χ2v) is 4.61. The molecule has 0 saturated heterocycles. The Balaban J connectivity index is 2.55. The smallest absolute Gasteiger partial charge is 0.405 e. The lowest BCUT2D eigenvalue weighted by Crippen LogP contribution is -2.20. The van der Waals surface area contributed by atoms with E-state index in [4.69, 9.17) is 17.3 Å². The zero-order chi connectivity index (χ0) is 17.2. The Morgan fingerprint density at radius 2 is 1.78 bits per heavy atom. The Hall–Kier alpha value is -2.61. The lowest BCUT2D eigenvalue weighted by molar-refractivity contribution is -0.274. The van der Waals surface area contributed by atoms with E-state index < -0.39 is 28.7 Å². The number of anilines is 1. The molecule has 0 fully saturated rings. The number of carbonyl (C=O) groups is 2. The van der Waals surface area contributed by atoms with Gasteiger partial charge in [0.2, 0.25) is 0 Å². The van der Waals surface area contributed by atoms with Gasteiger partial charge in [0.1, 0.15) is 11.6 Å². The molecule has 0 bridgehead atoms. The summed E-state index contributed by atoms with van der Waals surface area (Å²) < 4.78 is 41.1. The Morgan fingerprint density at radius 3 is 2.39 bits per heavy atom. The number of alkyl halides is 3. The van der Waals surface area contributed by atoms with E-state index in [0.29, 0.717) is 0 Å². The van der Waals surface area contributed by atoms with E-state index >= 15 is 0 Å². The molecule has 2 N–H and O–H groups in total. The Bertz CT molecular complexity index is 778. The van der Waals surface area contributed by atoms with Crippen LogP contribution in [0, 0.1) is 0 Å². The van der Waals surface area contributed by atoms with E-state index in [1.54, 1.807) is 0 Å². The van der Waals surface area contributed by atoms with Crippen LogP contribution in [-0.4, -0.2) is 22.4 Å². The fourth-order valence-electron chi connectivity index (χ4n) is 1.89. The van der Waals surface area contributed by atoms with Crippen LogP contribution in [0.5, 0.6) is 5.75 Å². The molecule has 0 aliphatic heterocycles. The lowest BCUT2D eigenvalue weighted by Gasteiger charge is -2.13. The maximum atomic E-state index is 12.5. The van der Waals surface area contributed by atoms with Crippen LogP contribution in [0.15, 0.2) is 36.5 Å². The van der Waals surface area contributed by atoms with Crippen molar-refractivity contribution in [3.63, 3.8) is 0 Å². The molecule has 23 heavy (non-hydrogen) atoms. The molecule has 0 aliphatic rings. The van der Waals surface area contributed by atoms with Gasteiger partial charge in [-0.1, -0.05) is 12.1 Å². The zero-order valence-electron chi connectivity index (χ0n) is 11.2. The first-order valence-corrected chi connectivity index (χ1v) is 6.42. The molecule has 5 nitrogen and oxygen atoms in total. The van der Waals surface area contributed by atoms with Crippen molar-refractivity contribution in [2.45, 2.75) is 6.36 Å². The van der Waals surface area contributed by atoms with Crippen LogP contribution in [0.1, 0.15) is 26.3 Å². The summed E-state index contributed by atoms with van der Waals surface area (Å²) in [7, 11) is 0. The van der Waals surface area contributed by atoms with Crippen LogP contribution in [0.25, 0.3) is 0 Å². The van der Waals surface area contributed by atoms with Crippen molar-refractivity contribution in [1.82, 2.24) is 4.98 Å². The van der Waals surface area contributed by atoms with Gasteiger partial charge in [0.05, 0.1) is 11.1 Å². The predicted octanol–water partition coefficient (Wildman–Crippen LogP) is 3.17. The minimum Gasteiger partial charge on any atom is -0.405 e. The van der Waals surface area contributed by atoms with Crippen molar-refractivity contribution in [1.29, 1.82) is 0 Å². The summed E-state index contributed by atoms with van der Waals surface area (Å²) in [6, 6.07) is 5.87. The molecule has 0 radical (unpaired) electrons. The van der Waals surface area contributed by atoms with E-state index in [1.807, 2.05) is 0 Å². The first-order valence-electron chi connectivity index (χ1n) is 6.04. The van der Waals surface area contributed by atoms with Gasteiger partial charge in [-0.15, -0.1) is 13.2 Å². The molecular weight excluding hydrogens is 337 g/mol. The summed E-state index contributed by atoms with van der Waals surface area (Å²) in [5, 5.41) is -1.05. The molecular formula is C14H8ClF3N2O3. The summed E-state index contributed by atoms with van der Waals surface area (Å²) in [4.78, 5) is 27.5. The highest BCUT2D eigenvalue weighted by molar-refractivity contribution is 6.68. The molecule has 9 heteroatoms. The number of ketones is 1. The average molecular weight is 345 g/mol. The topological polar surface area (TPSA) is 82.3 Å². The van der Waals surface area contributed by atoms with Gasteiger partial charge in [0.15, 0.2) is 5.78 Å². The molecule has 1 heterocycles. The quantitative estimate of drug-likeness (QED) is 0.680. The van der Waals surface area contributed by atoms with Crippen LogP contribution in [-0.2, 0) is 0 Å². The number of nitrogens with zero attached hydrogens (tertiary/aromatic N) is 1. The molecule has 0 aliphatic carbocycles. The van der Waals surface area contributed by atoms with Gasteiger partial charge in [-0.2, -0.15) is 0 Å². The number of benzene rings is 1. The largest absolute Gasteiger partial charge is 0.573 e. The fourth-order valence-corrected chi connectivity index (χ4v) is 2.09. The molecule has 2 rings (SSSR count). The fraction of sp³-hybridized carbons (Fsp3) is 0.0714. The number of aromatic nitrogens is 1. The number of nitrogen functional groups attached to an aromatic ring is 1. The van der Waals surface area contributed by atoms with Gasteiger partial charge in [0, 0.05) is 11.8 Å². The maximum absolute atomic E-state index is 12.5. The van der Waals surface area contributed by atoms with Crippen LogP contribution in [0.3, 0.4) is 0 Å². The number of carbonyl (C=O) groups excluding carboxylic acids is 2. The third-order valence-electron chi connectivity index (χ3n) is 2.78. The molecule has 120 valence electrons. The number of ether oxygens (including phenoxy) is 1. The highest BCUT2D eigenvalue weighted by Gasteiger charge is 2.33. The third-order valence-corrected chi connectivity index (χ3v) is 2.97. The molecule has 0 saturated carbocycles.